The zero-order valence-corrected chi connectivity index (χ0v) is 11.9. The predicted molar refractivity (Wildman–Crippen MR) is 68.7 cm³/mol. The van der Waals surface area contributed by atoms with Crippen LogP contribution in [-0.2, 0) is 0 Å². The Morgan fingerprint density at radius 2 is 1.57 bits per heavy atom. The first kappa shape index (κ1) is 12.5. The molecule has 1 aliphatic rings. The average molecular weight is 214 g/mol. The lowest BCUT2D eigenvalue weighted by molar-refractivity contribution is 0.233. The van der Waals surface area contributed by atoms with E-state index in [1.165, 1.54) is 19.3 Å². The second-order valence-corrected chi connectivity index (χ2v) is 7.56. The van der Waals surface area contributed by atoms with Gasteiger partial charge in [0.1, 0.15) is 0 Å². The molecule has 0 aromatic rings. The number of hydrogen-bond donors (Lipinski definition) is 0. The van der Waals surface area contributed by atoms with Gasteiger partial charge in [0, 0.05) is 0 Å². The lowest BCUT2D eigenvalue weighted by Gasteiger charge is -2.41. The van der Waals surface area contributed by atoms with Gasteiger partial charge in [-0.2, -0.15) is 0 Å². The first-order valence-electron chi connectivity index (χ1n) is 6.00. The van der Waals surface area contributed by atoms with Crippen molar-refractivity contribution >= 4 is 9.24 Å². The predicted octanol–water partition coefficient (Wildman–Crippen LogP) is 4.49. The Labute approximate surface area is 92.4 Å². The maximum atomic E-state index is 3.14. The van der Waals surface area contributed by atoms with Crippen molar-refractivity contribution in [2.45, 2.75) is 66.0 Å². The van der Waals surface area contributed by atoms with Gasteiger partial charge in [-0.3, -0.25) is 0 Å². The molecule has 3 atom stereocenters. The van der Waals surface area contributed by atoms with Crippen LogP contribution in [-0.4, -0.2) is 5.16 Å². The van der Waals surface area contributed by atoms with Gasteiger partial charge in [-0.25, -0.2) is 0 Å². The van der Waals surface area contributed by atoms with Crippen molar-refractivity contribution in [2.24, 2.45) is 16.7 Å². The van der Waals surface area contributed by atoms with Crippen molar-refractivity contribution in [3.05, 3.63) is 0 Å². The molecule has 0 bridgehead atoms. The standard InChI is InChI=1S/C13H27P/c1-7-13(8-2)9-10(13)12(6,14)11(3,4)5/h10H,7-9,14H2,1-6H3. The van der Waals surface area contributed by atoms with Crippen LogP contribution in [0.4, 0.5) is 0 Å². The van der Waals surface area contributed by atoms with Gasteiger partial charge < -0.3 is 0 Å². The third-order valence-corrected chi connectivity index (χ3v) is 6.21. The highest BCUT2D eigenvalue weighted by Gasteiger charge is 2.60. The fourth-order valence-electron chi connectivity index (χ4n) is 2.75. The molecule has 14 heavy (non-hydrogen) atoms. The molecule has 1 aliphatic carbocycles. The fraction of sp³-hybridized carbons (Fsp3) is 1.00. The molecular weight excluding hydrogens is 187 g/mol. The molecule has 0 radical (unpaired) electrons. The Kier molecular flexibility index (Phi) is 3.10. The van der Waals surface area contributed by atoms with Gasteiger partial charge in [0.15, 0.2) is 0 Å². The van der Waals surface area contributed by atoms with E-state index in [0.717, 1.165) is 5.92 Å². The van der Waals surface area contributed by atoms with Gasteiger partial charge >= 0.3 is 0 Å². The molecule has 0 amide bonds. The minimum atomic E-state index is 0.397. The third-order valence-electron chi connectivity index (χ3n) is 4.94. The summed E-state index contributed by atoms with van der Waals surface area (Å²) in [6, 6.07) is 0. The average Bonchev–Trinajstić information content (AvgIpc) is 2.78. The monoisotopic (exact) mass is 214 g/mol. The van der Waals surface area contributed by atoms with Crippen LogP contribution in [0.15, 0.2) is 0 Å². The molecule has 0 aromatic heterocycles. The largest absolute Gasteiger partial charge is 0.131 e. The van der Waals surface area contributed by atoms with Gasteiger partial charge in [0.2, 0.25) is 0 Å². The summed E-state index contributed by atoms with van der Waals surface area (Å²) in [5.74, 6) is 0.912. The second-order valence-electron chi connectivity index (χ2n) is 6.36. The van der Waals surface area contributed by atoms with Crippen molar-refractivity contribution < 1.29 is 0 Å². The SMILES string of the molecule is CCC1(CC)CC1C(C)(P)C(C)(C)C. The third kappa shape index (κ3) is 1.75. The normalized spacial score (nSPS) is 29.8. The van der Waals surface area contributed by atoms with E-state index >= 15 is 0 Å². The molecule has 84 valence electrons. The van der Waals surface area contributed by atoms with Crippen LogP contribution in [0.25, 0.3) is 0 Å². The first-order valence-corrected chi connectivity index (χ1v) is 6.58. The Bertz CT molecular complexity index is 206. The number of rotatable bonds is 3. The summed E-state index contributed by atoms with van der Waals surface area (Å²) in [5.41, 5.74) is 1.07. The minimum absolute atomic E-state index is 0.397. The summed E-state index contributed by atoms with van der Waals surface area (Å²) < 4.78 is 0. The molecule has 0 spiro atoms. The fourth-order valence-corrected chi connectivity index (χ4v) is 3.22. The van der Waals surface area contributed by atoms with Crippen LogP contribution in [0, 0.1) is 16.7 Å². The summed E-state index contributed by atoms with van der Waals surface area (Å²) in [6.07, 6.45) is 4.15. The van der Waals surface area contributed by atoms with Crippen molar-refractivity contribution in [3.8, 4) is 0 Å². The lowest BCUT2D eigenvalue weighted by Crippen LogP contribution is -2.37. The number of hydrogen-bond acceptors (Lipinski definition) is 0. The van der Waals surface area contributed by atoms with Gasteiger partial charge in [-0.15, -0.1) is 9.24 Å². The van der Waals surface area contributed by atoms with Crippen molar-refractivity contribution in [1.29, 1.82) is 0 Å². The summed E-state index contributed by atoms with van der Waals surface area (Å²) >= 11 is 0. The Morgan fingerprint density at radius 3 is 1.79 bits per heavy atom. The van der Waals surface area contributed by atoms with E-state index in [9.17, 15) is 0 Å². The zero-order chi connectivity index (χ0) is 11.2. The summed E-state index contributed by atoms with van der Waals surface area (Å²) in [6.45, 7) is 14.2. The van der Waals surface area contributed by atoms with E-state index in [2.05, 4.69) is 50.8 Å². The highest BCUT2D eigenvalue weighted by Crippen LogP contribution is 2.67. The smallest absolute Gasteiger partial charge is 0.00964 e. The highest BCUT2D eigenvalue weighted by molar-refractivity contribution is 7.19. The molecule has 1 fully saturated rings. The molecule has 0 aliphatic heterocycles. The molecule has 3 unspecified atom stereocenters. The maximum absolute atomic E-state index is 3.14. The molecule has 0 aromatic carbocycles. The van der Waals surface area contributed by atoms with E-state index in [0.29, 0.717) is 16.0 Å². The van der Waals surface area contributed by atoms with Crippen LogP contribution in [0.3, 0.4) is 0 Å². The van der Waals surface area contributed by atoms with Crippen LogP contribution in [0.1, 0.15) is 60.8 Å². The summed E-state index contributed by atoms with van der Waals surface area (Å²) in [5, 5.41) is 0.402. The van der Waals surface area contributed by atoms with Crippen molar-refractivity contribution in [2.75, 3.05) is 0 Å². The first-order chi connectivity index (χ1) is 6.21. The van der Waals surface area contributed by atoms with Crippen molar-refractivity contribution in [3.63, 3.8) is 0 Å². The topological polar surface area (TPSA) is 0 Å². The van der Waals surface area contributed by atoms with E-state index < -0.39 is 0 Å². The second kappa shape index (κ2) is 3.48. The molecule has 1 saturated carbocycles. The van der Waals surface area contributed by atoms with Crippen LogP contribution in [0.2, 0.25) is 0 Å². The molecular formula is C13H27P. The van der Waals surface area contributed by atoms with Gasteiger partial charge in [0.25, 0.3) is 0 Å². The minimum Gasteiger partial charge on any atom is -0.131 e. The van der Waals surface area contributed by atoms with Crippen LogP contribution in [0.5, 0.6) is 0 Å². The lowest BCUT2D eigenvalue weighted by atomic mass is 9.75. The van der Waals surface area contributed by atoms with Gasteiger partial charge in [-0.1, -0.05) is 54.4 Å². The summed E-state index contributed by atoms with van der Waals surface area (Å²) in [7, 11) is 3.14. The van der Waals surface area contributed by atoms with E-state index in [1.54, 1.807) is 0 Å². The van der Waals surface area contributed by atoms with Crippen LogP contribution < -0.4 is 0 Å². The maximum Gasteiger partial charge on any atom is -0.00964 e. The molecule has 0 nitrogen and oxygen atoms in total. The van der Waals surface area contributed by atoms with Crippen LogP contribution >= 0.6 is 9.24 Å². The van der Waals surface area contributed by atoms with E-state index in [4.69, 9.17) is 0 Å². The Hall–Kier alpha value is 0.430. The van der Waals surface area contributed by atoms with E-state index in [1.807, 2.05) is 0 Å². The quantitative estimate of drug-likeness (QED) is 0.607. The summed E-state index contributed by atoms with van der Waals surface area (Å²) in [4.78, 5) is 0. The Morgan fingerprint density at radius 1 is 1.14 bits per heavy atom. The van der Waals surface area contributed by atoms with Gasteiger partial charge in [0.05, 0.1) is 0 Å². The van der Waals surface area contributed by atoms with Gasteiger partial charge in [-0.05, 0) is 28.3 Å². The zero-order valence-electron chi connectivity index (χ0n) is 10.8. The van der Waals surface area contributed by atoms with Crippen molar-refractivity contribution in [1.82, 2.24) is 0 Å². The Balaban J connectivity index is 2.79. The highest BCUT2D eigenvalue weighted by atomic mass is 31.0. The van der Waals surface area contributed by atoms with E-state index in [-0.39, 0.29) is 0 Å². The molecule has 1 heteroatoms. The molecule has 1 rings (SSSR count). The molecule has 0 saturated heterocycles. The molecule has 0 heterocycles. The molecule has 0 N–H and O–H groups in total.